The Hall–Kier alpha value is -2.82. The molecular weight excluding hydrogens is 392 g/mol. The molecule has 0 bridgehead atoms. The molecule has 28 heavy (non-hydrogen) atoms. The number of fused-ring (bicyclic) bond motifs is 1. The molecule has 0 N–H and O–H groups in total. The van der Waals surface area contributed by atoms with Crippen LogP contribution in [0.3, 0.4) is 0 Å². The summed E-state index contributed by atoms with van der Waals surface area (Å²) in [6.45, 7) is 2.31. The summed E-state index contributed by atoms with van der Waals surface area (Å²) in [5, 5.41) is 0. The Morgan fingerprint density at radius 1 is 1.29 bits per heavy atom. The highest BCUT2D eigenvalue weighted by Gasteiger charge is 2.14. The van der Waals surface area contributed by atoms with Crippen molar-refractivity contribution in [3.8, 4) is 12.3 Å². The third-order valence-electron chi connectivity index (χ3n) is 3.97. The van der Waals surface area contributed by atoms with Crippen LogP contribution in [0.2, 0.25) is 0 Å². The Balaban J connectivity index is 2.13. The number of ether oxygens (including phenoxy) is 1. The molecule has 2 aromatic carbocycles. The van der Waals surface area contributed by atoms with Crippen LogP contribution < -0.4 is 4.80 Å². The second-order valence-corrected chi connectivity index (χ2v) is 8.01. The number of methoxy groups -OCH3 is 1. The lowest BCUT2D eigenvalue weighted by Crippen LogP contribution is -2.16. The van der Waals surface area contributed by atoms with Gasteiger partial charge in [0.05, 0.1) is 35.0 Å². The molecule has 0 atom stereocenters. The van der Waals surface area contributed by atoms with Gasteiger partial charge in [-0.3, -0.25) is 4.79 Å². The first kappa shape index (κ1) is 19.9. The number of thiazole rings is 1. The lowest BCUT2D eigenvalue weighted by Gasteiger charge is -2.04. The van der Waals surface area contributed by atoms with Gasteiger partial charge in [0, 0.05) is 4.90 Å². The van der Waals surface area contributed by atoms with E-state index in [0.29, 0.717) is 15.9 Å². The number of terminal acetylenes is 1. The Morgan fingerprint density at radius 3 is 2.79 bits per heavy atom. The maximum Gasteiger partial charge on any atom is 0.337 e. The molecule has 0 unspecified atom stereocenters. The van der Waals surface area contributed by atoms with Crippen molar-refractivity contribution < 1.29 is 14.3 Å². The van der Waals surface area contributed by atoms with Crippen molar-refractivity contribution >= 4 is 45.2 Å². The molecule has 0 aliphatic heterocycles. The molecule has 5 nitrogen and oxygen atoms in total. The number of esters is 1. The number of carbonyl (C=O) groups is 2. The van der Waals surface area contributed by atoms with Crippen LogP contribution in [0.5, 0.6) is 0 Å². The first-order chi connectivity index (χ1) is 13.6. The third kappa shape index (κ3) is 4.03. The van der Waals surface area contributed by atoms with Crippen LogP contribution >= 0.6 is 23.1 Å². The monoisotopic (exact) mass is 410 g/mol. The van der Waals surface area contributed by atoms with E-state index in [1.165, 1.54) is 18.4 Å². The maximum atomic E-state index is 12.9. The molecule has 1 heterocycles. The van der Waals surface area contributed by atoms with Gasteiger partial charge in [-0.25, -0.2) is 4.79 Å². The van der Waals surface area contributed by atoms with Crippen molar-refractivity contribution in [2.45, 2.75) is 18.4 Å². The second kappa shape index (κ2) is 8.91. The van der Waals surface area contributed by atoms with Gasteiger partial charge in [-0.15, -0.1) is 18.2 Å². The molecule has 1 amide bonds. The maximum absolute atomic E-state index is 12.9. The third-order valence-corrected chi connectivity index (χ3v) is 5.96. The summed E-state index contributed by atoms with van der Waals surface area (Å²) in [4.78, 5) is 30.4. The SMILES string of the molecule is C#CCn1c(=NC(=O)c2ccccc2SCC)sc2cc(C(=O)OC)ccc21. The Morgan fingerprint density at radius 2 is 2.07 bits per heavy atom. The first-order valence-corrected chi connectivity index (χ1v) is 10.3. The summed E-state index contributed by atoms with van der Waals surface area (Å²) in [5.74, 6) is 2.72. The molecule has 0 aliphatic carbocycles. The van der Waals surface area contributed by atoms with E-state index in [9.17, 15) is 9.59 Å². The van der Waals surface area contributed by atoms with Crippen molar-refractivity contribution in [2.75, 3.05) is 12.9 Å². The number of benzene rings is 2. The Bertz CT molecular complexity index is 1150. The highest BCUT2D eigenvalue weighted by atomic mass is 32.2. The number of hydrogen-bond acceptors (Lipinski definition) is 5. The predicted molar refractivity (Wildman–Crippen MR) is 113 cm³/mol. The van der Waals surface area contributed by atoms with Crippen LogP contribution in [0.25, 0.3) is 10.2 Å². The van der Waals surface area contributed by atoms with Crippen molar-refractivity contribution in [2.24, 2.45) is 4.99 Å². The second-order valence-electron chi connectivity index (χ2n) is 5.70. The number of thioether (sulfide) groups is 1. The van der Waals surface area contributed by atoms with Gasteiger partial charge in [-0.05, 0) is 36.1 Å². The van der Waals surface area contributed by atoms with Crippen LogP contribution in [0, 0.1) is 12.3 Å². The summed E-state index contributed by atoms with van der Waals surface area (Å²) >= 11 is 2.91. The summed E-state index contributed by atoms with van der Waals surface area (Å²) in [7, 11) is 1.34. The number of carbonyl (C=O) groups excluding carboxylic acids is 2. The van der Waals surface area contributed by atoms with E-state index >= 15 is 0 Å². The van der Waals surface area contributed by atoms with E-state index in [1.54, 1.807) is 40.6 Å². The minimum absolute atomic E-state index is 0.273. The molecule has 1 aromatic heterocycles. The van der Waals surface area contributed by atoms with Crippen molar-refractivity contribution in [3.63, 3.8) is 0 Å². The minimum atomic E-state index is -0.418. The van der Waals surface area contributed by atoms with E-state index in [0.717, 1.165) is 20.9 Å². The van der Waals surface area contributed by atoms with E-state index < -0.39 is 5.97 Å². The minimum Gasteiger partial charge on any atom is -0.465 e. The fraction of sp³-hybridized carbons (Fsp3) is 0.190. The number of amides is 1. The van der Waals surface area contributed by atoms with E-state index in [1.807, 2.05) is 25.1 Å². The van der Waals surface area contributed by atoms with Gasteiger partial charge in [0.25, 0.3) is 5.91 Å². The van der Waals surface area contributed by atoms with Crippen LogP contribution in [-0.2, 0) is 11.3 Å². The lowest BCUT2D eigenvalue weighted by atomic mass is 10.2. The van der Waals surface area contributed by atoms with Crippen LogP contribution in [0.4, 0.5) is 0 Å². The molecule has 0 radical (unpaired) electrons. The highest BCUT2D eigenvalue weighted by Crippen LogP contribution is 2.23. The predicted octanol–water partition coefficient (Wildman–Crippen LogP) is 3.98. The number of aromatic nitrogens is 1. The van der Waals surface area contributed by atoms with Crippen molar-refractivity contribution in [1.82, 2.24) is 4.57 Å². The van der Waals surface area contributed by atoms with Gasteiger partial charge in [-0.2, -0.15) is 4.99 Å². The number of hydrogen-bond donors (Lipinski definition) is 0. The Labute approximate surface area is 171 Å². The van der Waals surface area contributed by atoms with Crippen LogP contribution in [-0.4, -0.2) is 29.3 Å². The van der Waals surface area contributed by atoms with Gasteiger partial charge in [-0.1, -0.05) is 36.3 Å². The zero-order valence-electron chi connectivity index (χ0n) is 15.5. The topological polar surface area (TPSA) is 60.7 Å². The molecule has 3 rings (SSSR count). The average molecular weight is 411 g/mol. The van der Waals surface area contributed by atoms with Gasteiger partial charge in [0.1, 0.15) is 0 Å². The molecule has 7 heteroatoms. The normalized spacial score (nSPS) is 11.4. The molecule has 3 aromatic rings. The lowest BCUT2D eigenvalue weighted by molar-refractivity contribution is 0.0601. The van der Waals surface area contributed by atoms with Gasteiger partial charge < -0.3 is 9.30 Å². The summed E-state index contributed by atoms with van der Waals surface area (Å²) in [6, 6.07) is 12.6. The van der Waals surface area contributed by atoms with Gasteiger partial charge >= 0.3 is 5.97 Å². The standard InChI is InChI=1S/C21H18N2O3S2/c1-4-12-23-16-11-10-14(20(25)26-3)13-18(16)28-21(23)22-19(24)15-8-6-7-9-17(15)27-5-2/h1,6-11,13H,5,12H2,2-3H3. The molecule has 0 aliphatic rings. The highest BCUT2D eigenvalue weighted by molar-refractivity contribution is 7.99. The van der Waals surface area contributed by atoms with Crippen LogP contribution in [0.1, 0.15) is 27.6 Å². The summed E-state index contributed by atoms with van der Waals surface area (Å²) < 4.78 is 7.38. The molecule has 0 fully saturated rings. The molecular formula is C21H18N2O3S2. The summed E-state index contributed by atoms with van der Waals surface area (Å²) in [6.07, 6.45) is 5.51. The smallest absolute Gasteiger partial charge is 0.337 e. The molecule has 0 saturated heterocycles. The molecule has 0 spiro atoms. The van der Waals surface area contributed by atoms with Crippen LogP contribution in [0.15, 0.2) is 52.4 Å². The fourth-order valence-electron chi connectivity index (χ4n) is 2.72. The van der Waals surface area contributed by atoms with Crippen molar-refractivity contribution in [1.29, 1.82) is 0 Å². The molecule has 142 valence electrons. The largest absolute Gasteiger partial charge is 0.465 e. The zero-order chi connectivity index (χ0) is 20.1. The van der Waals surface area contributed by atoms with E-state index in [2.05, 4.69) is 10.9 Å². The zero-order valence-corrected chi connectivity index (χ0v) is 17.1. The van der Waals surface area contributed by atoms with Gasteiger partial charge in [0.15, 0.2) is 4.80 Å². The molecule has 0 saturated carbocycles. The van der Waals surface area contributed by atoms with E-state index in [-0.39, 0.29) is 12.5 Å². The number of nitrogens with zero attached hydrogens (tertiary/aromatic N) is 2. The summed E-state index contributed by atoms with van der Waals surface area (Å²) in [5.41, 5.74) is 1.82. The fourth-order valence-corrected chi connectivity index (χ4v) is 4.58. The average Bonchev–Trinajstić information content (AvgIpc) is 3.04. The Kier molecular flexibility index (Phi) is 6.34. The van der Waals surface area contributed by atoms with Crippen molar-refractivity contribution in [3.05, 3.63) is 58.4 Å². The van der Waals surface area contributed by atoms with E-state index in [4.69, 9.17) is 11.2 Å². The quantitative estimate of drug-likeness (QED) is 0.363. The first-order valence-electron chi connectivity index (χ1n) is 8.55. The van der Waals surface area contributed by atoms with Gasteiger partial charge in [0.2, 0.25) is 0 Å². The number of rotatable bonds is 5.